The predicted molar refractivity (Wildman–Crippen MR) is 73.8 cm³/mol. The van der Waals surface area contributed by atoms with Crippen LogP contribution in [0.3, 0.4) is 0 Å². The van der Waals surface area contributed by atoms with Crippen molar-refractivity contribution in [2.45, 2.75) is 18.7 Å². The Morgan fingerprint density at radius 3 is 2.50 bits per heavy atom. The molecule has 1 aliphatic heterocycles. The molecule has 0 spiro atoms. The smallest absolute Gasteiger partial charge is 0.185 e. The number of thiazole rings is 1. The second-order valence-electron chi connectivity index (χ2n) is 4.14. The van der Waals surface area contributed by atoms with Gasteiger partial charge in [0.1, 0.15) is 0 Å². The summed E-state index contributed by atoms with van der Waals surface area (Å²) in [5.41, 5.74) is 1.26. The second-order valence-corrected chi connectivity index (χ2v) is 5.77. The summed E-state index contributed by atoms with van der Waals surface area (Å²) >= 11 is 5.38. The second kappa shape index (κ2) is 5.47. The van der Waals surface area contributed by atoms with Gasteiger partial charge in [0.25, 0.3) is 0 Å². The largest absolute Gasteiger partial charge is 0.346 e. The molecule has 0 aliphatic carbocycles. The molecule has 0 aromatic carbocycles. The molecule has 0 unspecified atom stereocenters. The Labute approximate surface area is 110 Å². The van der Waals surface area contributed by atoms with Crippen molar-refractivity contribution >= 4 is 32.4 Å². The molecule has 1 aromatic heterocycles. The van der Waals surface area contributed by atoms with Gasteiger partial charge in [0, 0.05) is 36.4 Å². The Balaban J connectivity index is 2.11. The lowest BCUT2D eigenvalue weighted by Gasteiger charge is -2.32. The van der Waals surface area contributed by atoms with Gasteiger partial charge in [0.2, 0.25) is 0 Å². The fourth-order valence-electron chi connectivity index (χ4n) is 1.88. The zero-order chi connectivity index (χ0) is 11.5. The maximum absolute atomic E-state index is 4.74. The van der Waals surface area contributed by atoms with Gasteiger partial charge in [-0.25, -0.2) is 4.98 Å². The third-order valence-electron chi connectivity index (χ3n) is 3.00. The van der Waals surface area contributed by atoms with E-state index in [4.69, 9.17) is 4.98 Å². The zero-order valence-corrected chi connectivity index (χ0v) is 12.3. The van der Waals surface area contributed by atoms with Gasteiger partial charge in [-0.15, -0.1) is 11.3 Å². The lowest BCUT2D eigenvalue weighted by molar-refractivity contribution is 0.312. The number of hydrogen-bond donors (Lipinski definition) is 0. The van der Waals surface area contributed by atoms with E-state index < -0.39 is 0 Å². The molecule has 0 radical (unpaired) electrons. The minimum Gasteiger partial charge on any atom is -0.346 e. The van der Waals surface area contributed by atoms with Crippen molar-refractivity contribution in [3.05, 3.63) is 10.6 Å². The summed E-state index contributed by atoms with van der Waals surface area (Å²) in [5.74, 6) is 0. The molecular formula is C11H18BrN3S. The normalized spacial score (nSPS) is 18.1. The van der Waals surface area contributed by atoms with Crippen LogP contribution in [0.4, 0.5) is 5.13 Å². The Kier molecular flexibility index (Phi) is 4.21. The first-order chi connectivity index (χ1) is 7.74. The van der Waals surface area contributed by atoms with Crippen molar-refractivity contribution in [1.29, 1.82) is 0 Å². The van der Waals surface area contributed by atoms with Gasteiger partial charge in [0.15, 0.2) is 5.13 Å². The summed E-state index contributed by atoms with van der Waals surface area (Å²) in [6.07, 6.45) is 1.03. The maximum Gasteiger partial charge on any atom is 0.185 e. The molecule has 1 aromatic rings. The summed E-state index contributed by atoms with van der Waals surface area (Å²) in [7, 11) is 2.18. The lowest BCUT2D eigenvalue weighted by Crippen LogP contribution is -2.44. The highest BCUT2D eigenvalue weighted by molar-refractivity contribution is 9.08. The van der Waals surface area contributed by atoms with Crippen LogP contribution in [0.25, 0.3) is 0 Å². The molecule has 1 aliphatic rings. The Hall–Kier alpha value is -0.130. The molecule has 0 amide bonds. The van der Waals surface area contributed by atoms with Crippen LogP contribution >= 0.6 is 27.3 Å². The van der Waals surface area contributed by atoms with Gasteiger partial charge in [-0.2, -0.15) is 0 Å². The molecule has 1 fully saturated rings. The highest BCUT2D eigenvalue weighted by Crippen LogP contribution is 2.29. The molecule has 16 heavy (non-hydrogen) atoms. The standard InChI is InChI=1S/C11H18BrN3S/c1-3-9-10(8-12)16-11(13-9)15-6-4-14(2)5-7-15/h3-8H2,1-2H3. The van der Waals surface area contributed by atoms with E-state index in [1.165, 1.54) is 15.7 Å². The zero-order valence-electron chi connectivity index (χ0n) is 9.87. The highest BCUT2D eigenvalue weighted by atomic mass is 79.9. The van der Waals surface area contributed by atoms with E-state index in [0.29, 0.717) is 0 Å². The Morgan fingerprint density at radius 2 is 2.00 bits per heavy atom. The maximum atomic E-state index is 4.74. The molecule has 90 valence electrons. The first-order valence-corrected chi connectivity index (χ1v) is 7.66. The number of rotatable bonds is 3. The fraction of sp³-hybridized carbons (Fsp3) is 0.727. The third kappa shape index (κ3) is 2.57. The average Bonchev–Trinajstić information content (AvgIpc) is 2.73. The number of anilines is 1. The quantitative estimate of drug-likeness (QED) is 0.799. The average molecular weight is 304 g/mol. The monoisotopic (exact) mass is 303 g/mol. The molecule has 0 bridgehead atoms. The van der Waals surface area contributed by atoms with Crippen molar-refractivity contribution < 1.29 is 0 Å². The number of aromatic nitrogens is 1. The Bertz CT molecular complexity index is 323. The van der Waals surface area contributed by atoms with Crippen LogP contribution in [0.15, 0.2) is 0 Å². The number of piperazine rings is 1. The van der Waals surface area contributed by atoms with E-state index in [1.54, 1.807) is 0 Å². The highest BCUT2D eigenvalue weighted by Gasteiger charge is 2.18. The molecular weight excluding hydrogens is 286 g/mol. The SMILES string of the molecule is CCc1nc(N2CCN(C)CC2)sc1CBr. The number of likely N-dealkylation sites (N-methyl/N-ethyl adjacent to an activating group) is 1. The van der Waals surface area contributed by atoms with Crippen molar-refractivity contribution in [3.8, 4) is 0 Å². The van der Waals surface area contributed by atoms with Gasteiger partial charge >= 0.3 is 0 Å². The minimum absolute atomic E-state index is 0.932. The van der Waals surface area contributed by atoms with E-state index in [1.807, 2.05) is 11.3 Å². The first kappa shape index (κ1) is 12.3. The van der Waals surface area contributed by atoms with Crippen LogP contribution < -0.4 is 4.90 Å². The molecule has 1 saturated heterocycles. The summed E-state index contributed by atoms with van der Waals surface area (Å²) < 4.78 is 0. The van der Waals surface area contributed by atoms with E-state index in [2.05, 4.69) is 39.7 Å². The van der Waals surface area contributed by atoms with Gasteiger partial charge in [-0.05, 0) is 13.5 Å². The van der Waals surface area contributed by atoms with Crippen LogP contribution in [-0.2, 0) is 11.8 Å². The number of nitrogens with zero attached hydrogens (tertiary/aromatic N) is 3. The van der Waals surface area contributed by atoms with Gasteiger partial charge in [0.05, 0.1) is 5.69 Å². The van der Waals surface area contributed by atoms with Crippen molar-refractivity contribution in [2.24, 2.45) is 0 Å². The van der Waals surface area contributed by atoms with E-state index >= 15 is 0 Å². The van der Waals surface area contributed by atoms with Crippen LogP contribution in [0.2, 0.25) is 0 Å². The van der Waals surface area contributed by atoms with Crippen molar-refractivity contribution in [2.75, 3.05) is 38.1 Å². The molecule has 2 heterocycles. The topological polar surface area (TPSA) is 19.4 Å². The summed E-state index contributed by atoms with van der Waals surface area (Å²) in [6.45, 7) is 6.67. The summed E-state index contributed by atoms with van der Waals surface area (Å²) in [4.78, 5) is 10.9. The predicted octanol–water partition coefficient (Wildman–Crippen LogP) is 2.35. The molecule has 0 atom stereocenters. The van der Waals surface area contributed by atoms with E-state index in [9.17, 15) is 0 Å². The lowest BCUT2D eigenvalue weighted by atomic mass is 10.3. The van der Waals surface area contributed by atoms with Crippen LogP contribution in [-0.4, -0.2) is 43.1 Å². The van der Waals surface area contributed by atoms with Gasteiger partial charge in [-0.1, -0.05) is 22.9 Å². The molecule has 0 N–H and O–H groups in total. The molecule has 0 saturated carbocycles. The fourth-order valence-corrected chi connectivity index (χ4v) is 3.60. The van der Waals surface area contributed by atoms with E-state index in [0.717, 1.165) is 37.9 Å². The number of halogens is 1. The van der Waals surface area contributed by atoms with Gasteiger partial charge in [-0.3, -0.25) is 0 Å². The van der Waals surface area contributed by atoms with E-state index in [-0.39, 0.29) is 0 Å². The summed E-state index contributed by atoms with van der Waals surface area (Å²) in [5, 5.41) is 2.14. The summed E-state index contributed by atoms with van der Waals surface area (Å²) in [6, 6.07) is 0. The van der Waals surface area contributed by atoms with Gasteiger partial charge < -0.3 is 9.80 Å². The Morgan fingerprint density at radius 1 is 1.31 bits per heavy atom. The third-order valence-corrected chi connectivity index (χ3v) is 5.09. The van der Waals surface area contributed by atoms with Crippen molar-refractivity contribution in [3.63, 3.8) is 0 Å². The number of hydrogen-bond acceptors (Lipinski definition) is 4. The van der Waals surface area contributed by atoms with Crippen LogP contribution in [0.5, 0.6) is 0 Å². The number of alkyl halides is 1. The number of aryl methyl sites for hydroxylation is 1. The van der Waals surface area contributed by atoms with Crippen molar-refractivity contribution in [1.82, 2.24) is 9.88 Å². The molecule has 5 heteroatoms. The molecule has 3 nitrogen and oxygen atoms in total. The van der Waals surface area contributed by atoms with Crippen LogP contribution in [0.1, 0.15) is 17.5 Å². The first-order valence-electron chi connectivity index (χ1n) is 5.72. The minimum atomic E-state index is 0.932. The van der Waals surface area contributed by atoms with Crippen LogP contribution in [0, 0.1) is 0 Å². The molecule has 2 rings (SSSR count).